The van der Waals surface area contributed by atoms with Gasteiger partial charge in [-0.15, -0.1) is 0 Å². The van der Waals surface area contributed by atoms with Gasteiger partial charge >= 0.3 is 6.18 Å². The number of sulfone groups is 1. The number of nitrogens with zero attached hydrogens (tertiary/aromatic N) is 3. The van der Waals surface area contributed by atoms with Crippen molar-refractivity contribution in [3.8, 4) is 11.8 Å². The Balaban J connectivity index is 2.85. The van der Waals surface area contributed by atoms with Crippen molar-refractivity contribution in [3.05, 3.63) is 38.5 Å². The molecule has 1 aromatic heterocycles. The average molecular weight is 437 g/mol. The lowest BCUT2D eigenvalue weighted by atomic mass is 10.2. The van der Waals surface area contributed by atoms with Crippen LogP contribution < -0.4 is 0 Å². The minimum Gasteiger partial charge on any atom is -0.233 e. The van der Waals surface area contributed by atoms with Gasteiger partial charge in [-0.1, -0.05) is 34.8 Å². The number of hydrogen-bond donors (Lipinski definition) is 0. The molecule has 2 rings (SSSR count). The van der Waals surface area contributed by atoms with Crippen molar-refractivity contribution in [3.63, 3.8) is 0 Å². The summed E-state index contributed by atoms with van der Waals surface area (Å²) in [6, 6.07) is 0.745. The normalized spacial score (nSPS) is 12.2. The van der Waals surface area contributed by atoms with E-state index in [2.05, 4.69) is 5.10 Å². The number of aromatic nitrogens is 2. The van der Waals surface area contributed by atoms with Crippen LogP contribution in [0.15, 0.2) is 17.2 Å². The molecule has 0 aliphatic rings. The van der Waals surface area contributed by atoms with E-state index in [0.717, 1.165) is 0 Å². The molecule has 134 valence electrons. The Bertz CT molecular complexity index is 997. The van der Waals surface area contributed by atoms with Crippen molar-refractivity contribution in [2.75, 3.05) is 6.01 Å². The molecule has 5 nitrogen and oxygen atoms in total. The Morgan fingerprint density at radius 1 is 1.20 bits per heavy atom. The zero-order valence-electron chi connectivity index (χ0n) is 11.6. The topological polar surface area (TPSA) is 75.8 Å². The van der Waals surface area contributed by atoms with Gasteiger partial charge in [-0.25, -0.2) is 17.5 Å². The number of alkyl halides is 4. The molecular weight excluding hydrogens is 433 g/mol. The molecule has 0 fully saturated rings. The summed E-state index contributed by atoms with van der Waals surface area (Å²) in [7, 11) is -4.64. The van der Waals surface area contributed by atoms with Crippen LogP contribution in [0.25, 0.3) is 5.69 Å². The standard InChI is InChI=1S/C12H4Cl3F4N3O2S/c13-6-2-9(7(14)1-5(6)12(17,18)19)22-11(25(23,24)4-16)10(15)8(3-20)21-22/h1-2H,4H2. The first-order chi connectivity index (χ1) is 11.4. The second-order valence-electron chi connectivity index (χ2n) is 4.50. The first kappa shape index (κ1) is 19.8. The van der Waals surface area contributed by atoms with Crippen molar-refractivity contribution in [2.24, 2.45) is 0 Å². The van der Waals surface area contributed by atoms with Gasteiger partial charge in [0.25, 0.3) is 0 Å². The van der Waals surface area contributed by atoms with E-state index in [1.807, 2.05) is 0 Å². The van der Waals surface area contributed by atoms with Crippen LogP contribution in [0, 0.1) is 11.3 Å². The number of halogens is 7. The summed E-state index contributed by atoms with van der Waals surface area (Å²) in [4.78, 5) is 0. The smallest absolute Gasteiger partial charge is 0.233 e. The summed E-state index contributed by atoms with van der Waals surface area (Å²) in [6.45, 7) is 0. The monoisotopic (exact) mass is 435 g/mol. The van der Waals surface area contributed by atoms with E-state index in [0.29, 0.717) is 16.8 Å². The summed E-state index contributed by atoms with van der Waals surface area (Å²) < 4.78 is 75.6. The molecule has 2 aromatic rings. The van der Waals surface area contributed by atoms with E-state index in [1.54, 1.807) is 0 Å². The first-order valence-electron chi connectivity index (χ1n) is 5.98. The highest BCUT2D eigenvalue weighted by Gasteiger charge is 2.35. The Morgan fingerprint density at radius 3 is 2.28 bits per heavy atom. The minimum atomic E-state index is -4.81. The molecule has 0 bridgehead atoms. The van der Waals surface area contributed by atoms with Gasteiger partial charge < -0.3 is 0 Å². The third-order valence-corrected chi connectivity index (χ3v) is 5.24. The summed E-state index contributed by atoms with van der Waals surface area (Å²) in [5.41, 5.74) is -2.27. The molecule has 0 N–H and O–H groups in total. The van der Waals surface area contributed by atoms with Crippen molar-refractivity contribution in [1.82, 2.24) is 9.78 Å². The molecule has 0 aliphatic carbocycles. The maximum absolute atomic E-state index is 12.9. The highest BCUT2D eigenvalue weighted by atomic mass is 35.5. The molecule has 1 heterocycles. The van der Waals surface area contributed by atoms with E-state index in [9.17, 15) is 26.0 Å². The molecule has 13 heteroatoms. The maximum Gasteiger partial charge on any atom is 0.417 e. The average Bonchev–Trinajstić information content (AvgIpc) is 2.85. The van der Waals surface area contributed by atoms with Gasteiger partial charge in [0, 0.05) is 0 Å². The van der Waals surface area contributed by atoms with E-state index >= 15 is 0 Å². The molecular formula is C12H4Cl3F4N3O2S. The number of hydrogen-bond acceptors (Lipinski definition) is 4. The summed E-state index contributed by atoms with van der Waals surface area (Å²) in [5, 5.41) is 9.46. The number of rotatable bonds is 3. The Hall–Kier alpha value is -1.54. The van der Waals surface area contributed by atoms with Crippen LogP contribution in [0.1, 0.15) is 11.3 Å². The molecule has 0 amide bonds. The van der Waals surface area contributed by atoms with Crippen LogP contribution in [0.4, 0.5) is 17.6 Å². The fourth-order valence-corrected chi connectivity index (χ4v) is 3.75. The van der Waals surface area contributed by atoms with Crippen molar-refractivity contribution in [1.29, 1.82) is 5.26 Å². The van der Waals surface area contributed by atoms with Gasteiger partial charge in [0.05, 0.1) is 21.3 Å². The third kappa shape index (κ3) is 3.55. The van der Waals surface area contributed by atoms with Crippen LogP contribution in [0.3, 0.4) is 0 Å². The van der Waals surface area contributed by atoms with Gasteiger partial charge in [-0.3, -0.25) is 0 Å². The van der Waals surface area contributed by atoms with Crippen LogP contribution in [0.2, 0.25) is 15.1 Å². The lowest BCUT2D eigenvalue weighted by Gasteiger charge is -2.13. The predicted octanol–water partition coefficient (Wildman–Crippen LogP) is 4.42. The van der Waals surface area contributed by atoms with Gasteiger partial charge in [-0.2, -0.15) is 23.5 Å². The first-order valence-corrected chi connectivity index (χ1v) is 8.76. The van der Waals surface area contributed by atoms with Gasteiger partial charge in [0.2, 0.25) is 9.84 Å². The Morgan fingerprint density at radius 2 is 1.80 bits per heavy atom. The van der Waals surface area contributed by atoms with Crippen LogP contribution in [0.5, 0.6) is 0 Å². The van der Waals surface area contributed by atoms with E-state index in [4.69, 9.17) is 40.1 Å². The quantitative estimate of drug-likeness (QED) is 0.667. The lowest BCUT2D eigenvalue weighted by Crippen LogP contribution is -2.13. The lowest BCUT2D eigenvalue weighted by molar-refractivity contribution is -0.137. The molecule has 0 saturated heterocycles. The molecule has 0 saturated carbocycles. The maximum atomic E-state index is 12.9. The van der Waals surface area contributed by atoms with Crippen LogP contribution in [-0.4, -0.2) is 24.2 Å². The third-order valence-electron chi connectivity index (χ3n) is 2.90. The zero-order chi connectivity index (χ0) is 19.2. The Kier molecular flexibility index (Phi) is 5.26. The van der Waals surface area contributed by atoms with Gasteiger partial charge in [0.1, 0.15) is 11.1 Å². The molecule has 0 spiro atoms. The molecule has 0 radical (unpaired) electrons. The van der Waals surface area contributed by atoms with E-state index < -0.39 is 59.1 Å². The van der Waals surface area contributed by atoms with E-state index in [-0.39, 0.29) is 0 Å². The fourth-order valence-electron chi connectivity index (χ4n) is 1.85. The molecule has 1 aromatic carbocycles. The largest absolute Gasteiger partial charge is 0.417 e. The van der Waals surface area contributed by atoms with Crippen LogP contribution in [-0.2, 0) is 16.0 Å². The van der Waals surface area contributed by atoms with Gasteiger partial charge in [0.15, 0.2) is 16.7 Å². The van der Waals surface area contributed by atoms with Crippen molar-refractivity contribution >= 4 is 44.6 Å². The predicted molar refractivity (Wildman–Crippen MR) is 81.5 cm³/mol. The van der Waals surface area contributed by atoms with Crippen molar-refractivity contribution < 1.29 is 26.0 Å². The Labute approximate surface area is 153 Å². The SMILES string of the molecule is N#Cc1nn(-c2cc(Cl)c(C(F)(F)F)cc2Cl)c(S(=O)(=O)CF)c1Cl. The molecule has 25 heavy (non-hydrogen) atoms. The van der Waals surface area contributed by atoms with Gasteiger partial charge in [-0.05, 0) is 12.1 Å². The fraction of sp³-hybridized carbons (Fsp3) is 0.167. The highest BCUT2D eigenvalue weighted by Crippen LogP contribution is 2.40. The van der Waals surface area contributed by atoms with E-state index in [1.165, 1.54) is 6.07 Å². The minimum absolute atomic E-state index is 0.421. The second-order valence-corrected chi connectivity index (χ2v) is 7.52. The molecule has 0 aliphatic heterocycles. The molecule has 0 unspecified atom stereocenters. The van der Waals surface area contributed by atoms with Crippen molar-refractivity contribution in [2.45, 2.75) is 11.2 Å². The highest BCUT2D eigenvalue weighted by molar-refractivity contribution is 7.91. The molecule has 0 atom stereocenters. The summed E-state index contributed by atoms with van der Waals surface area (Å²) in [6.07, 6.45) is -4.81. The second kappa shape index (κ2) is 6.64. The summed E-state index contributed by atoms with van der Waals surface area (Å²) in [5.74, 6) is 0. The number of benzene rings is 1. The zero-order valence-corrected chi connectivity index (χ0v) is 14.7. The number of nitriles is 1. The van der Waals surface area contributed by atoms with Crippen LogP contribution >= 0.6 is 34.8 Å². The summed E-state index contributed by atoms with van der Waals surface area (Å²) >= 11 is 17.1.